The first-order valence-electron chi connectivity index (χ1n) is 5.52. The molecule has 0 bridgehead atoms. The average Bonchev–Trinajstić information content (AvgIpc) is 2.86. The number of carbonyl (C=O) groups excluding carboxylic acids is 1. The van der Waals surface area contributed by atoms with Gasteiger partial charge in [-0.05, 0) is 27.2 Å². The topological polar surface area (TPSA) is 44.8 Å². The summed E-state index contributed by atoms with van der Waals surface area (Å²) in [6.07, 6.45) is 0.942. The van der Waals surface area contributed by atoms with Crippen molar-refractivity contribution in [2.75, 3.05) is 13.2 Å². The Morgan fingerprint density at radius 1 is 1.53 bits per heavy atom. The zero-order valence-corrected chi connectivity index (χ0v) is 9.49. The molecule has 0 aromatic heterocycles. The van der Waals surface area contributed by atoms with Gasteiger partial charge in [-0.25, -0.2) is 0 Å². The Hall–Kier alpha value is -0.610. The lowest BCUT2D eigenvalue weighted by molar-refractivity contribution is -0.149. The lowest BCUT2D eigenvalue weighted by Crippen LogP contribution is -2.23. The van der Waals surface area contributed by atoms with Gasteiger partial charge >= 0.3 is 5.97 Å². The summed E-state index contributed by atoms with van der Waals surface area (Å²) in [5.74, 6) is -0.249. The Morgan fingerprint density at radius 3 is 2.80 bits per heavy atom. The summed E-state index contributed by atoms with van der Waals surface area (Å²) in [6.45, 7) is 6.67. The normalized spacial score (nSPS) is 37.7. The Morgan fingerprint density at radius 2 is 2.27 bits per heavy atom. The van der Waals surface area contributed by atoms with Crippen molar-refractivity contribution in [2.45, 2.75) is 39.1 Å². The quantitative estimate of drug-likeness (QED) is 0.665. The van der Waals surface area contributed by atoms with E-state index >= 15 is 0 Å². The van der Waals surface area contributed by atoms with Crippen molar-refractivity contribution in [3.63, 3.8) is 0 Å². The minimum Gasteiger partial charge on any atom is -0.466 e. The molecule has 4 nitrogen and oxygen atoms in total. The van der Waals surface area contributed by atoms with Crippen LogP contribution < -0.4 is 0 Å². The molecule has 2 fully saturated rings. The van der Waals surface area contributed by atoms with Crippen LogP contribution in [0.15, 0.2) is 0 Å². The maximum absolute atomic E-state index is 11.4. The molecule has 15 heavy (non-hydrogen) atoms. The lowest BCUT2D eigenvalue weighted by atomic mass is 10.2. The van der Waals surface area contributed by atoms with Crippen molar-refractivity contribution in [2.24, 2.45) is 11.8 Å². The minimum absolute atomic E-state index is 0.0347. The summed E-state index contributed by atoms with van der Waals surface area (Å²) in [5, 5.41) is 0. The summed E-state index contributed by atoms with van der Waals surface area (Å²) in [7, 11) is 0. The molecule has 0 aromatic carbocycles. The fourth-order valence-electron chi connectivity index (χ4n) is 2.07. The molecule has 0 spiro atoms. The first kappa shape index (κ1) is 10.9. The van der Waals surface area contributed by atoms with E-state index in [9.17, 15) is 4.79 Å². The molecular formula is C11H18O4. The zero-order valence-electron chi connectivity index (χ0n) is 9.49. The second-order valence-electron chi connectivity index (χ2n) is 4.63. The second-order valence-corrected chi connectivity index (χ2v) is 4.63. The summed E-state index contributed by atoms with van der Waals surface area (Å²) in [4.78, 5) is 11.4. The van der Waals surface area contributed by atoms with Gasteiger partial charge in [-0.1, -0.05) is 0 Å². The largest absolute Gasteiger partial charge is 0.466 e. The number of carbonyl (C=O) groups is 1. The van der Waals surface area contributed by atoms with E-state index in [-0.39, 0.29) is 18.0 Å². The second kappa shape index (κ2) is 3.76. The van der Waals surface area contributed by atoms with E-state index in [0.717, 1.165) is 6.42 Å². The van der Waals surface area contributed by atoms with Crippen LogP contribution in [0, 0.1) is 11.8 Å². The molecule has 2 rings (SSSR count). The molecule has 86 valence electrons. The maximum atomic E-state index is 11.4. The number of hydrogen-bond acceptors (Lipinski definition) is 4. The highest BCUT2D eigenvalue weighted by Gasteiger charge is 2.52. The standard InChI is InChI=1S/C11H18O4/c1-4-13-10(12)8-5-7(8)9-6-14-11(2,3)15-9/h7-9H,4-6H2,1-3H3/t7?,8?,9-/m1/s1. The van der Waals surface area contributed by atoms with Gasteiger partial charge in [0.15, 0.2) is 5.79 Å². The monoisotopic (exact) mass is 214 g/mol. The molecule has 3 atom stereocenters. The Labute approximate surface area is 89.9 Å². The fraction of sp³-hybridized carbons (Fsp3) is 0.909. The third-order valence-electron chi connectivity index (χ3n) is 2.94. The number of rotatable bonds is 3. The third-order valence-corrected chi connectivity index (χ3v) is 2.94. The number of esters is 1. The fourth-order valence-corrected chi connectivity index (χ4v) is 2.07. The summed E-state index contributed by atoms with van der Waals surface area (Å²) < 4.78 is 16.1. The van der Waals surface area contributed by atoms with Gasteiger partial charge in [0, 0.05) is 5.92 Å². The molecule has 2 unspecified atom stereocenters. The molecule has 1 saturated carbocycles. The van der Waals surface area contributed by atoms with Crippen molar-refractivity contribution in [1.82, 2.24) is 0 Å². The van der Waals surface area contributed by atoms with Gasteiger partial charge in [-0.15, -0.1) is 0 Å². The minimum atomic E-state index is -0.494. The van der Waals surface area contributed by atoms with Crippen LogP contribution in [0.1, 0.15) is 27.2 Å². The molecule has 2 aliphatic rings. The van der Waals surface area contributed by atoms with Crippen molar-refractivity contribution in [1.29, 1.82) is 0 Å². The van der Waals surface area contributed by atoms with Gasteiger partial charge in [0.1, 0.15) is 0 Å². The van der Waals surface area contributed by atoms with Crippen LogP contribution in [0.4, 0.5) is 0 Å². The Bertz CT molecular complexity index is 261. The van der Waals surface area contributed by atoms with Crippen LogP contribution in [0.25, 0.3) is 0 Å². The van der Waals surface area contributed by atoms with E-state index in [1.807, 2.05) is 20.8 Å². The van der Waals surface area contributed by atoms with Crippen LogP contribution in [-0.4, -0.2) is 31.1 Å². The zero-order chi connectivity index (χ0) is 11.1. The number of hydrogen-bond donors (Lipinski definition) is 0. The van der Waals surface area contributed by atoms with Gasteiger partial charge < -0.3 is 14.2 Å². The summed E-state index contributed by atoms with van der Waals surface area (Å²) >= 11 is 0. The molecule has 1 aliphatic carbocycles. The maximum Gasteiger partial charge on any atom is 0.309 e. The Kier molecular flexibility index (Phi) is 2.73. The van der Waals surface area contributed by atoms with E-state index in [4.69, 9.17) is 14.2 Å². The average molecular weight is 214 g/mol. The summed E-state index contributed by atoms with van der Waals surface area (Å²) in [6, 6.07) is 0. The molecule has 0 N–H and O–H groups in total. The summed E-state index contributed by atoms with van der Waals surface area (Å²) in [5.41, 5.74) is 0. The van der Waals surface area contributed by atoms with E-state index in [2.05, 4.69) is 0 Å². The van der Waals surface area contributed by atoms with Crippen molar-refractivity contribution in [3.05, 3.63) is 0 Å². The first-order chi connectivity index (χ1) is 7.03. The van der Waals surface area contributed by atoms with Crippen molar-refractivity contribution in [3.8, 4) is 0 Å². The Balaban J connectivity index is 1.82. The van der Waals surface area contributed by atoms with Gasteiger partial charge in [0.25, 0.3) is 0 Å². The molecule has 1 aliphatic heterocycles. The van der Waals surface area contributed by atoms with E-state index in [0.29, 0.717) is 19.1 Å². The van der Waals surface area contributed by atoms with Crippen molar-refractivity contribution >= 4 is 5.97 Å². The van der Waals surface area contributed by atoms with E-state index < -0.39 is 5.79 Å². The van der Waals surface area contributed by atoms with Crippen molar-refractivity contribution < 1.29 is 19.0 Å². The highest BCUT2D eigenvalue weighted by atomic mass is 16.7. The van der Waals surface area contributed by atoms with Gasteiger partial charge in [0.2, 0.25) is 0 Å². The molecule has 0 aromatic rings. The molecule has 1 heterocycles. The molecule has 1 saturated heterocycles. The molecule has 4 heteroatoms. The number of ether oxygens (including phenoxy) is 3. The molecular weight excluding hydrogens is 196 g/mol. The predicted octanol–water partition coefficient (Wildman–Crippen LogP) is 1.34. The van der Waals surface area contributed by atoms with Crippen LogP contribution in [-0.2, 0) is 19.0 Å². The van der Waals surface area contributed by atoms with E-state index in [1.54, 1.807) is 0 Å². The predicted molar refractivity (Wildman–Crippen MR) is 53.1 cm³/mol. The smallest absolute Gasteiger partial charge is 0.309 e. The van der Waals surface area contributed by atoms with E-state index in [1.165, 1.54) is 0 Å². The third kappa shape index (κ3) is 2.32. The van der Waals surface area contributed by atoms with Crippen LogP contribution in [0.5, 0.6) is 0 Å². The highest BCUT2D eigenvalue weighted by Crippen LogP contribution is 2.46. The first-order valence-corrected chi connectivity index (χ1v) is 5.52. The molecule has 0 amide bonds. The van der Waals surface area contributed by atoms with Crippen LogP contribution >= 0.6 is 0 Å². The highest BCUT2D eigenvalue weighted by molar-refractivity contribution is 5.75. The van der Waals surface area contributed by atoms with Gasteiger partial charge in [-0.2, -0.15) is 0 Å². The molecule has 0 radical (unpaired) electrons. The van der Waals surface area contributed by atoms with Crippen LogP contribution in [0.3, 0.4) is 0 Å². The lowest BCUT2D eigenvalue weighted by Gasteiger charge is -2.16. The van der Waals surface area contributed by atoms with Gasteiger partial charge in [-0.3, -0.25) is 4.79 Å². The van der Waals surface area contributed by atoms with Gasteiger partial charge in [0.05, 0.1) is 25.2 Å². The SMILES string of the molecule is CCOC(=O)C1CC1[C@H]1COC(C)(C)O1. The van der Waals surface area contributed by atoms with Crippen LogP contribution in [0.2, 0.25) is 0 Å².